The Hall–Kier alpha value is -3.02. The average molecular weight is 541 g/mol. The molecule has 5 heteroatoms. The minimum absolute atomic E-state index is 0.0446. The van der Waals surface area contributed by atoms with Crippen molar-refractivity contribution in [2.24, 2.45) is 0 Å². The van der Waals surface area contributed by atoms with Crippen LogP contribution in [0.5, 0.6) is 0 Å². The highest BCUT2D eigenvalue weighted by Gasteiger charge is 2.52. The predicted octanol–water partition coefficient (Wildman–Crippen LogP) is 7.51. The Morgan fingerprint density at radius 3 is 1.79 bits per heavy atom. The third kappa shape index (κ3) is 3.31. The molecule has 6 rings (SSSR count). The first-order valence-electron chi connectivity index (χ1n) is 13.4. The van der Waals surface area contributed by atoms with Crippen LogP contribution in [-0.4, -0.2) is 23.1 Å². The zero-order valence-electron chi connectivity index (χ0n) is 22.2. The summed E-state index contributed by atoms with van der Waals surface area (Å²) in [6, 6.07) is 28.7. The molecule has 0 amide bonds. The molecule has 194 valence electrons. The van der Waals surface area contributed by atoms with Crippen molar-refractivity contribution in [3.05, 3.63) is 107 Å². The van der Waals surface area contributed by atoms with E-state index in [-0.39, 0.29) is 5.25 Å². The lowest BCUT2D eigenvalue weighted by atomic mass is 9.70. The molecule has 0 radical (unpaired) electrons. The highest BCUT2D eigenvalue weighted by atomic mass is 32.2. The second-order valence-corrected chi connectivity index (χ2v) is 14.8. The van der Waals surface area contributed by atoms with Crippen LogP contribution in [0.1, 0.15) is 62.8 Å². The molecule has 2 aliphatic rings. The van der Waals surface area contributed by atoms with Crippen LogP contribution in [0.15, 0.2) is 94.7 Å². The molecule has 4 aromatic rings. The average Bonchev–Trinajstić information content (AvgIpc) is 3.42. The fraction of sp³-hybridized carbons (Fsp3) is 0.273. The molecule has 0 bridgehead atoms. The van der Waals surface area contributed by atoms with E-state index >= 15 is 0 Å². The van der Waals surface area contributed by atoms with Crippen molar-refractivity contribution in [2.45, 2.75) is 66.2 Å². The number of hydrogen-bond acceptors (Lipinski definition) is 3. The Labute approximate surface area is 228 Å². The van der Waals surface area contributed by atoms with Gasteiger partial charge < -0.3 is 0 Å². The van der Waals surface area contributed by atoms with E-state index in [1.54, 1.807) is 13.0 Å². The van der Waals surface area contributed by atoms with Gasteiger partial charge in [-0.25, -0.2) is 8.42 Å². The number of fused-ring (bicyclic) bond motifs is 10. The second-order valence-electron chi connectivity index (χ2n) is 10.5. The molecule has 3 nitrogen and oxygen atoms in total. The molecule has 4 aromatic carbocycles. The maximum atomic E-state index is 13.5. The van der Waals surface area contributed by atoms with Crippen molar-refractivity contribution in [3.8, 4) is 22.3 Å². The monoisotopic (exact) mass is 540 g/mol. The first-order chi connectivity index (χ1) is 18.3. The largest absolute Gasteiger partial charge is 0.254 e. The van der Waals surface area contributed by atoms with Crippen molar-refractivity contribution in [1.29, 1.82) is 0 Å². The molecular weight excluding hydrogens is 508 g/mol. The van der Waals surface area contributed by atoms with Crippen molar-refractivity contribution in [1.82, 2.24) is 0 Å². The summed E-state index contributed by atoms with van der Waals surface area (Å²) in [5.41, 5.74) is 8.11. The summed E-state index contributed by atoms with van der Waals surface area (Å²) in [4.78, 5) is 1.18. The SMILES string of the molecule is CCC(C)S(=O)c1ccc2c(c1)C1(c3ccccc3-2)c2ccccc2-c2ccc(S(=O)(=O)C(C)CC)cc21. The van der Waals surface area contributed by atoms with Crippen molar-refractivity contribution >= 4 is 20.6 Å². The van der Waals surface area contributed by atoms with Crippen molar-refractivity contribution in [3.63, 3.8) is 0 Å². The standard InChI is InChI=1S/C33H32O3S2/c1-5-21(3)37(34)23-15-17-27-25-11-7-9-13-29(25)33(31(27)19-23)30-14-10-8-12-26(30)28-18-16-24(20-32(28)33)38(35,36)22(4)6-2/h7-22H,5-6H2,1-4H3. The van der Waals surface area contributed by atoms with Crippen LogP contribution < -0.4 is 0 Å². The predicted molar refractivity (Wildman–Crippen MR) is 156 cm³/mol. The van der Waals surface area contributed by atoms with E-state index in [0.717, 1.165) is 55.8 Å². The van der Waals surface area contributed by atoms with Crippen LogP contribution in [0.2, 0.25) is 0 Å². The Kier molecular flexibility index (Phi) is 6.00. The number of hydrogen-bond donors (Lipinski definition) is 0. The Morgan fingerprint density at radius 2 is 1.21 bits per heavy atom. The van der Waals surface area contributed by atoms with Crippen molar-refractivity contribution in [2.75, 3.05) is 0 Å². The van der Waals surface area contributed by atoms with Gasteiger partial charge in [0, 0.05) is 10.1 Å². The van der Waals surface area contributed by atoms with E-state index in [1.807, 2.05) is 38.1 Å². The third-order valence-corrected chi connectivity index (χ3v) is 12.7. The van der Waals surface area contributed by atoms with Crippen LogP contribution >= 0.6 is 0 Å². The van der Waals surface area contributed by atoms with Gasteiger partial charge in [0.25, 0.3) is 0 Å². The lowest BCUT2D eigenvalue weighted by molar-refractivity contribution is 0.580. The van der Waals surface area contributed by atoms with Gasteiger partial charge in [-0.15, -0.1) is 0 Å². The van der Waals surface area contributed by atoms with E-state index < -0.39 is 31.3 Å². The molecule has 4 atom stereocenters. The van der Waals surface area contributed by atoms with E-state index in [9.17, 15) is 12.6 Å². The molecule has 1 spiro atoms. The number of rotatable bonds is 6. The minimum Gasteiger partial charge on any atom is -0.254 e. The van der Waals surface area contributed by atoms with Crippen LogP contribution in [0.3, 0.4) is 0 Å². The topological polar surface area (TPSA) is 51.2 Å². The van der Waals surface area contributed by atoms with Gasteiger partial charge in [0.05, 0.1) is 26.4 Å². The summed E-state index contributed by atoms with van der Waals surface area (Å²) < 4.78 is 40.6. The second kappa shape index (κ2) is 9.03. The zero-order valence-corrected chi connectivity index (χ0v) is 23.8. The van der Waals surface area contributed by atoms with Gasteiger partial charge in [-0.1, -0.05) is 81.4 Å². The lowest BCUT2D eigenvalue weighted by Gasteiger charge is -2.31. The Balaban J connectivity index is 1.72. The smallest absolute Gasteiger partial charge is 0.180 e. The Morgan fingerprint density at radius 1 is 0.684 bits per heavy atom. The van der Waals surface area contributed by atoms with Gasteiger partial charge in [-0.2, -0.15) is 0 Å². The summed E-state index contributed by atoms with van der Waals surface area (Å²) in [5.74, 6) is 0. The van der Waals surface area contributed by atoms with Gasteiger partial charge in [0.15, 0.2) is 9.84 Å². The third-order valence-electron chi connectivity index (χ3n) is 8.64. The molecule has 0 saturated heterocycles. The Bertz CT molecular complexity index is 1710. The van der Waals surface area contributed by atoms with Crippen LogP contribution in [-0.2, 0) is 26.1 Å². The maximum absolute atomic E-state index is 13.5. The summed E-state index contributed by atoms with van der Waals surface area (Å²) in [6.45, 7) is 7.79. The highest BCUT2D eigenvalue weighted by Crippen LogP contribution is 2.63. The minimum atomic E-state index is -3.48. The van der Waals surface area contributed by atoms with Gasteiger partial charge >= 0.3 is 0 Å². The normalized spacial score (nSPS) is 19.4. The quantitative estimate of drug-likeness (QED) is 0.220. The van der Waals surface area contributed by atoms with Crippen LogP contribution in [0.4, 0.5) is 0 Å². The van der Waals surface area contributed by atoms with Gasteiger partial charge in [-0.05, 0) is 88.5 Å². The molecule has 0 N–H and O–H groups in total. The molecule has 0 aliphatic heterocycles. The molecule has 0 saturated carbocycles. The summed E-state index contributed by atoms with van der Waals surface area (Å²) in [6.07, 6.45) is 1.39. The van der Waals surface area contributed by atoms with Crippen molar-refractivity contribution < 1.29 is 12.6 Å². The lowest BCUT2D eigenvalue weighted by Crippen LogP contribution is -2.27. The van der Waals surface area contributed by atoms with Gasteiger partial charge in [0.2, 0.25) is 0 Å². The number of benzene rings is 4. The highest BCUT2D eigenvalue weighted by molar-refractivity contribution is 7.92. The van der Waals surface area contributed by atoms with E-state index in [4.69, 9.17) is 0 Å². The van der Waals surface area contributed by atoms with Crippen LogP contribution in [0, 0.1) is 0 Å². The number of sulfone groups is 1. The molecule has 38 heavy (non-hydrogen) atoms. The molecule has 0 heterocycles. The first-order valence-corrected chi connectivity index (χ1v) is 16.2. The maximum Gasteiger partial charge on any atom is 0.180 e. The fourth-order valence-corrected chi connectivity index (χ4v) is 8.88. The molecule has 0 aromatic heterocycles. The fourth-order valence-electron chi connectivity index (χ4n) is 6.23. The molecule has 2 aliphatic carbocycles. The molecule has 0 fully saturated rings. The molecule has 4 unspecified atom stereocenters. The van der Waals surface area contributed by atoms with E-state index in [2.05, 4.69) is 61.5 Å². The molecular formula is C33H32O3S2. The summed E-state index contributed by atoms with van der Waals surface area (Å²) in [5, 5.41) is -0.420. The van der Waals surface area contributed by atoms with Gasteiger partial charge in [-0.3, -0.25) is 4.21 Å². The van der Waals surface area contributed by atoms with E-state index in [0.29, 0.717) is 11.3 Å². The first kappa shape index (κ1) is 25.3. The van der Waals surface area contributed by atoms with Gasteiger partial charge in [0.1, 0.15) is 0 Å². The van der Waals surface area contributed by atoms with Crippen LogP contribution in [0.25, 0.3) is 22.3 Å². The van der Waals surface area contributed by atoms with E-state index in [1.165, 1.54) is 0 Å². The summed E-state index contributed by atoms with van der Waals surface area (Å²) >= 11 is 0. The zero-order chi connectivity index (χ0) is 26.8. The summed E-state index contributed by atoms with van der Waals surface area (Å²) in [7, 11) is -4.62.